The van der Waals surface area contributed by atoms with Gasteiger partial charge in [0.25, 0.3) is 10.0 Å². The lowest BCUT2D eigenvalue weighted by molar-refractivity contribution is 0.415. The molecule has 0 heterocycles. The maximum absolute atomic E-state index is 12.4. The molecule has 0 amide bonds. The molecular weight excluding hydrogens is 278 g/mol. The molecule has 0 aromatic heterocycles. The van der Waals surface area contributed by atoms with E-state index in [0.717, 1.165) is 0 Å². The van der Waals surface area contributed by atoms with Crippen molar-refractivity contribution in [3.05, 3.63) is 48.5 Å². The zero-order valence-corrected chi connectivity index (χ0v) is 12.0. The van der Waals surface area contributed by atoms with Crippen LogP contribution in [-0.2, 0) is 10.0 Å². The third-order valence-corrected chi connectivity index (χ3v) is 4.73. The molecule has 2 rings (SSSR count). The number of phenolic OH excluding ortho intramolecular Hbond substituents is 1. The van der Waals surface area contributed by atoms with Gasteiger partial charge in [0, 0.05) is 7.05 Å². The van der Waals surface area contributed by atoms with E-state index < -0.39 is 10.0 Å². The van der Waals surface area contributed by atoms with Crippen molar-refractivity contribution in [1.29, 1.82) is 0 Å². The van der Waals surface area contributed by atoms with E-state index in [1.165, 1.54) is 35.6 Å². The lowest BCUT2D eigenvalue weighted by atomic mass is 10.3. The van der Waals surface area contributed by atoms with Gasteiger partial charge in [-0.05, 0) is 48.5 Å². The molecule has 0 radical (unpaired) electrons. The van der Waals surface area contributed by atoms with Crippen LogP contribution in [0.15, 0.2) is 53.4 Å². The molecule has 2 aromatic rings. The highest BCUT2D eigenvalue weighted by atomic mass is 32.2. The van der Waals surface area contributed by atoms with Crippen molar-refractivity contribution in [3.8, 4) is 11.5 Å². The number of rotatable bonds is 4. The molecule has 0 saturated heterocycles. The highest BCUT2D eigenvalue weighted by molar-refractivity contribution is 7.92. The normalized spacial score (nSPS) is 11.1. The standard InChI is InChI=1S/C14H15NO4S/c1-15(11-3-7-13(19-2)8-4-11)20(17,18)14-9-5-12(16)6-10-14/h3-10,16H,1-2H3. The Balaban J connectivity index is 2.35. The number of hydrogen-bond acceptors (Lipinski definition) is 4. The van der Waals surface area contributed by atoms with Crippen molar-refractivity contribution in [1.82, 2.24) is 0 Å². The van der Waals surface area contributed by atoms with E-state index in [2.05, 4.69) is 0 Å². The first-order chi connectivity index (χ1) is 9.45. The second-order valence-electron chi connectivity index (χ2n) is 4.16. The molecule has 0 fully saturated rings. The average molecular weight is 293 g/mol. The molecule has 5 nitrogen and oxygen atoms in total. The van der Waals surface area contributed by atoms with Crippen molar-refractivity contribution < 1.29 is 18.3 Å². The van der Waals surface area contributed by atoms with Crippen molar-refractivity contribution in [2.75, 3.05) is 18.5 Å². The zero-order valence-electron chi connectivity index (χ0n) is 11.1. The summed E-state index contributed by atoms with van der Waals surface area (Å²) < 4.78 is 31.0. The summed E-state index contributed by atoms with van der Waals surface area (Å²) >= 11 is 0. The smallest absolute Gasteiger partial charge is 0.264 e. The number of ether oxygens (including phenoxy) is 1. The van der Waals surface area contributed by atoms with E-state index in [9.17, 15) is 13.5 Å². The number of sulfonamides is 1. The summed E-state index contributed by atoms with van der Waals surface area (Å²) in [5.74, 6) is 0.681. The number of nitrogens with zero attached hydrogens (tertiary/aromatic N) is 1. The average Bonchev–Trinajstić information content (AvgIpc) is 2.47. The van der Waals surface area contributed by atoms with Crippen LogP contribution in [0.1, 0.15) is 0 Å². The van der Waals surface area contributed by atoms with Gasteiger partial charge in [0.05, 0.1) is 17.7 Å². The molecule has 2 aromatic carbocycles. The summed E-state index contributed by atoms with van der Waals surface area (Å²) in [6, 6.07) is 12.1. The predicted molar refractivity (Wildman–Crippen MR) is 76.7 cm³/mol. The molecule has 0 atom stereocenters. The molecule has 0 unspecified atom stereocenters. The van der Waals surface area contributed by atoms with Crippen molar-refractivity contribution >= 4 is 15.7 Å². The summed E-state index contributed by atoms with van der Waals surface area (Å²) in [6.45, 7) is 0. The largest absolute Gasteiger partial charge is 0.508 e. The third kappa shape index (κ3) is 2.70. The summed E-state index contributed by atoms with van der Waals surface area (Å²) in [4.78, 5) is 0.119. The van der Waals surface area contributed by atoms with Crippen LogP contribution >= 0.6 is 0 Å². The number of hydrogen-bond donors (Lipinski definition) is 1. The van der Waals surface area contributed by atoms with Gasteiger partial charge < -0.3 is 9.84 Å². The lowest BCUT2D eigenvalue weighted by Crippen LogP contribution is -2.26. The van der Waals surface area contributed by atoms with Crippen molar-refractivity contribution in [2.45, 2.75) is 4.90 Å². The number of methoxy groups -OCH3 is 1. The Morgan fingerprint density at radius 1 is 1.00 bits per heavy atom. The van der Waals surface area contributed by atoms with E-state index in [4.69, 9.17) is 4.74 Å². The molecule has 0 spiro atoms. The fourth-order valence-electron chi connectivity index (χ4n) is 1.71. The van der Waals surface area contributed by atoms with Gasteiger partial charge in [0.15, 0.2) is 0 Å². The Labute approximate surface area is 118 Å². The van der Waals surface area contributed by atoms with E-state index in [-0.39, 0.29) is 10.6 Å². The number of phenols is 1. The minimum absolute atomic E-state index is 0.0241. The lowest BCUT2D eigenvalue weighted by Gasteiger charge is -2.19. The zero-order chi connectivity index (χ0) is 14.8. The fraction of sp³-hybridized carbons (Fsp3) is 0.143. The molecule has 0 aliphatic heterocycles. The van der Waals surface area contributed by atoms with E-state index in [0.29, 0.717) is 11.4 Å². The molecule has 1 N–H and O–H groups in total. The Morgan fingerprint density at radius 3 is 2.05 bits per heavy atom. The second-order valence-corrected chi connectivity index (χ2v) is 6.13. The summed E-state index contributed by atoms with van der Waals surface area (Å²) in [5.41, 5.74) is 0.527. The monoisotopic (exact) mass is 293 g/mol. The SMILES string of the molecule is COc1ccc(N(C)S(=O)(=O)c2ccc(O)cc2)cc1. The van der Waals surface area contributed by atoms with Crippen LogP contribution in [-0.4, -0.2) is 27.7 Å². The van der Waals surface area contributed by atoms with Gasteiger partial charge >= 0.3 is 0 Å². The van der Waals surface area contributed by atoms with Crippen LogP contribution in [0, 0.1) is 0 Å². The van der Waals surface area contributed by atoms with Crippen LogP contribution in [0.2, 0.25) is 0 Å². The summed E-state index contributed by atoms with van der Waals surface area (Å²) in [7, 11) is -0.623. The number of anilines is 1. The topological polar surface area (TPSA) is 66.8 Å². The summed E-state index contributed by atoms with van der Waals surface area (Å²) in [6.07, 6.45) is 0. The molecule has 0 bridgehead atoms. The van der Waals surface area contributed by atoms with Gasteiger partial charge in [-0.2, -0.15) is 0 Å². The third-order valence-electron chi connectivity index (χ3n) is 2.93. The Kier molecular flexibility index (Phi) is 3.85. The number of benzene rings is 2. The van der Waals surface area contributed by atoms with Gasteiger partial charge in [-0.1, -0.05) is 0 Å². The first-order valence-corrected chi connectivity index (χ1v) is 7.31. The maximum Gasteiger partial charge on any atom is 0.264 e. The predicted octanol–water partition coefficient (Wildman–Crippen LogP) is 2.23. The van der Waals surface area contributed by atoms with Gasteiger partial charge in [0.2, 0.25) is 0 Å². The second kappa shape index (κ2) is 5.42. The van der Waals surface area contributed by atoms with Gasteiger partial charge in [-0.15, -0.1) is 0 Å². The molecule has 0 saturated carbocycles. The van der Waals surface area contributed by atoms with Crippen LogP contribution < -0.4 is 9.04 Å². The highest BCUT2D eigenvalue weighted by Gasteiger charge is 2.21. The van der Waals surface area contributed by atoms with Crippen molar-refractivity contribution in [2.24, 2.45) is 0 Å². The minimum atomic E-state index is -3.65. The first kappa shape index (κ1) is 14.2. The van der Waals surface area contributed by atoms with E-state index in [1.54, 1.807) is 31.4 Å². The minimum Gasteiger partial charge on any atom is -0.508 e. The van der Waals surface area contributed by atoms with Gasteiger partial charge in [-0.25, -0.2) is 8.42 Å². The summed E-state index contributed by atoms with van der Waals surface area (Å²) in [5, 5.41) is 9.21. The van der Waals surface area contributed by atoms with Gasteiger partial charge in [-0.3, -0.25) is 4.31 Å². The molecule has 20 heavy (non-hydrogen) atoms. The molecule has 0 aliphatic carbocycles. The molecule has 0 aliphatic rings. The van der Waals surface area contributed by atoms with Gasteiger partial charge in [0.1, 0.15) is 11.5 Å². The Bertz CT molecular complexity index is 678. The van der Waals surface area contributed by atoms with Crippen LogP contribution in [0.3, 0.4) is 0 Å². The first-order valence-electron chi connectivity index (χ1n) is 5.87. The van der Waals surface area contributed by atoms with Crippen molar-refractivity contribution in [3.63, 3.8) is 0 Å². The van der Waals surface area contributed by atoms with Crippen LogP contribution in [0.5, 0.6) is 11.5 Å². The maximum atomic E-state index is 12.4. The number of aromatic hydroxyl groups is 1. The molecule has 6 heteroatoms. The Hall–Kier alpha value is -2.21. The van der Waals surface area contributed by atoms with Crippen LogP contribution in [0.25, 0.3) is 0 Å². The molecule has 106 valence electrons. The van der Waals surface area contributed by atoms with E-state index >= 15 is 0 Å². The highest BCUT2D eigenvalue weighted by Crippen LogP contribution is 2.25. The fourth-order valence-corrected chi connectivity index (χ4v) is 2.90. The van der Waals surface area contributed by atoms with E-state index in [1.807, 2.05) is 0 Å². The quantitative estimate of drug-likeness (QED) is 0.938. The Morgan fingerprint density at radius 2 is 1.55 bits per heavy atom. The van der Waals surface area contributed by atoms with Crippen LogP contribution in [0.4, 0.5) is 5.69 Å². The molecular formula is C14H15NO4S.